The van der Waals surface area contributed by atoms with Gasteiger partial charge in [-0.3, -0.25) is 9.59 Å². The third-order valence-electron chi connectivity index (χ3n) is 4.15. The first-order valence-electron chi connectivity index (χ1n) is 8.22. The highest BCUT2D eigenvalue weighted by Gasteiger charge is 2.20. The normalized spacial score (nSPS) is 12.6. The van der Waals surface area contributed by atoms with Gasteiger partial charge in [0.1, 0.15) is 0 Å². The van der Waals surface area contributed by atoms with Crippen molar-refractivity contribution in [1.82, 2.24) is 0 Å². The SMILES string of the molecule is CC(=O)c1ccc(CS(=O)(=O)Cc2ccccc2C(C)O)c(C(C)=O)c1. The van der Waals surface area contributed by atoms with Gasteiger partial charge in [0.2, 0.25) is 0 Å². The number of carbonyl (C=O) groups is 2. The van der Waals surface area contributed by atoms with Crippen LogP contribution in [0.4, 0.5) is 0 Å². The molecule has 0 saturated heterocycles. The van der Waals surface area contributed by atoms with Crippen LogP contribution in [-0.4, -0.2) is 25.1 Å². The van der Waals surface area contributed by atoms with Gasteiger partial charge in [-0.15, -0.1) is 0 Å². The number of Topliss-reactive ketones (excluding diaryl/α,β-unsaturated/α-hetero) is 2. The molecule has 0 aliphatic carbocycles. The first-order valence-corrected chi connectivity index (χ1v) is 10.0. The molecule has 138 valence electrons. The Bertz CT molecular complexity index is 942. The summed E-state index contributed by atoms with van der Waals surface area (Å²) in [6.07, 6.45) is -0.774. The van der Waals surface area contributed by atoms with Crippen LogP contribution in [0.15, 0.2) is 42.5 Å². The molecular weight excluding hydrogens is 352 g/mol. The largest absolute Gasteiger partial charge is 0.389 e. The van der Waals surface area contributed by atoms with Gasteiger partial charge in [-0.05, 0) is 43.5 Å². The molecule has 0 amide bonds. The average Bonchev–Trinajstić information content (AvgIpc) is 2.54. The van der Waals surface area contributed by atoms with Crippen LogP contribution in [0.25, 0.3) is 0 Å². The second kappa shape index (κ2) is 7.93. The van der Waals surface area contributed by atoms with E-state index in [0.29, 0.717) is 22.3 Å². The number of carbonyl (C=O) groups excluding carboxylic acids is 2. The molecule has 0 aliphatic heterocycles. The van der Waals surface area contributed by atoms with Gasteiger partial charge >= 0.3 is 0 Å². The van der Waals surface area contributed by atoms with E-state index >= 15 is 0 Å². The van der Waals surface area contributed by atoms with Crippen molar-refractivity contribution in [1.29, 1.82) is 0 Å². The zero-order valence-electron chi connectivity index (χ0n) is 15.0. The predicted molar refractivity (Wildman–Crippen MR) is 99.9 cm³/mol. The van der Waals surface area contributed by atoms with Crippen molar-refractivity contribution >= 4 is 21.4 Å². The van der Waals surface area contributed by atoms with Gasteiger partial charge in [-0.2, -0.15) is 0 Å². The zero-order chi connectivity index (χ0) is 19.5. The van der Waals surface area contributed by atoms with Crippen LogP contribution in [0.5, 0.6) is 0 Å². The van der Waals surface area contributed by atoms with Crippen LogP contribution in [0, 0.1) is 0 Å². The fourth-order valence-electron chi connectivity index (χ4n) is 2.85. The molecule has 0 aromatic heterocycles. The lowest BCUT2D eigenvalue weighted by Gasteiger charge is -2.13. The van der Waals surface area contributed by atoms with Gasteiger partial charge in [0, 0.05) is 11.1 Å². The van der Waals surface area contributed by atoms with E-state index in [9.17, 15) is 23.1 Å². The molecule has 2 rings (SSSR count). The summed E-state index contributed by atoms with van der Waals surface area (Å²) in [5.74, 6) is -1.02. The van der Waals surface area contributed by atoms with E-state index in [0.717, 1.165) is 0 Å². The maximum atomic E-state index is 12.7. The summed E-state index contributed by atoms with van der Waals surface area (Å²) in [5.41, 5.74) is 2.08. The van der Waals surface area contributed by atoms with Crippen LogP contribution < -0.4 is 0 Å². The third kappa shape index (κ3) is 4.86. The van der Waals surface area contributed by atoms with Gasteiger partial charge in [0.15, 0.2) is 21.4 Å². The van der Waals surface area contributed by atoms with E-state index in [4.69, 9.17) is 0 Å². The van der Waals surface area contributed by atoms with Gasteiger partial charge in [0.05, 0.1) is 17.6 Å². The van der Waals surface area contributed by atoms with Crippen molar-refractivity contribution in [2.75, 3.05) is 0 Å². The Hall–Kier alpha value is -2.31. The van der Waals surface area contributed by atoms with Crippen LogP contribution in [0.2, 0.25) is 0 Å². The highest BCUT2D eigenvalue weighted by molar-refractivity contribution is 7.89. The number of hydrogen-bond donors (Lipinski definition) is 1. The summed E-state index contributed by atoms with van der Waals surface area (Å²) < 4.78 is 25.4. The number of aliphatic hydroxyl groups excluding tert-OH is 1. The molecule has 0 fully saturated rings. The first-order chi connectivity index (χ1) is 12.1. The van der Waals surface area contributed by atoms with Crippen molar-refractivity contribution in [2.45, 2.75) is 38.4 Å². The molecule has 1 N–H and O–H groups in total. The molecule has 6 heteroatoms. The van der Waals surface area contributed by atoms with Crippen molar-refractivity contribution in [3.63, 3.8) is 0 Å². The fourth-order valence-corrected chi connectivity index (χ4v) is 4.41. The van der Waals surface area contributed by atoms with E-state index in [2.05, 4.69) is 0 Å². The lowest BCUT2D eigenvalue weighted by atomic mass is 10.0. The lowest BCUT2D eigenvalue weighted by Crippen LogP contribution is -2.13. The van der Waals surface area contributed by atoms with Crippen molar-refractivity contribution in [3.8, 4) is 0 Å². The second-order valence-electron chi connectivity index (χ2n) is 6.39. The molecule has 2 aromatic rings. The number of ketones is 2. The van der Waals surface area contributed by atoms with Crippen LogP contribution in [0.3, 0.4) is 0 Å². The number of aliphatic hydroxyl groups is 1. The van der Waals surface area contributed by atoms with Gasteiger partial charge < -0.3 is 5.11 Å². The van der Waals surface area contributed by atoms with Crippen molar-refractivity contribution in [2.24, 2.45) is 0 Å². The zero-order valence-corrected chi connectivity index (χ0v) is 15.8. The highest BCUT2D eigenvalue weighted by atomic mass is 32.2. The Morgan fingerprint density at radius 3 is 2.15 bits per heavy atom. The van der Waals surface area contributed by atoms with E-state index < -0.39 is 15.9 Å². The Balaban J connectivity index is 2.36. The lowest BCUT2D eigenvalue weighted by molar-refractivity contribution is 0.101. The summed E-state index contributed by atoms with van der Waals surface area (Å²) in [7, 11) is -3.58. The van der Waals surface area contributed by atoms with E-state index in [1.54, 1.807) is 31.2 Å². The van der Waals surface area contributed by atoms with Crippen LogP contribution >= 0.6 is 0 Å². The average molecular weight is 374 g/mol. The van der Waals surface area contributed by atoms with Gasteiger partial charge in [-0.1, -0.05) is 36.4 Å². The van der Waals surface area contributed by atoms with E-state index in [1.165, 1.54) is 32.0 Å². The van der Waals surface area contributed by atoms with Gasteiger partial charge in [0.25, 0.3) is 0 Å². The number of hydrogen-bond acceptors (Lipinski definition) is 5. The second-order valence-corrected chi connectivity index (χ2v) is 8.46. The minimum Gasteiger partial charge on any atom is -0.389 e. The van der Waals surface area contributed by atoms with Crippen molar-refractivity contribution in [3.05, 3.63) is 70.3 Å². The molecule has 1 unspecified atom stereocenters. The summed E-state index contributed by atoms with van der Waals surface area (Å²) in [4.78, 5) is 23.4. The molecule has 1 atom stereocenters. The monoisotopic (exact) mass is 374 g/mol. The Morgan fingerprint density at radius 1 is 0.962 bits per heavy atom. The summed E-state index contributed by atoms with van der Waals surface area (Å²) >= 11 is 0. The Morgan fingerprint density at radius 2 is 1.58 bits per heavy atom. The van der Waals surface area contributed by atoms with E-state index in [-0.39, 0.29) is 28.6 Å². The molecule has 0 radical (unpaired) electrons. The maximum Gasteiger partial charge on any atom is 0.160 e. The van der Waals surface area contributed by atoms with E-state index in [1.807, 2.05) is 0 Å². The molecule has 0 spiro atoms. The maximum absolute atomic E-state index is 12.7. The molecule has 0 heterocycles. The number of rotatable bonds is 7. The molecule has 2 aromatic carbocycles. The summed E-state index contributed by atoms with van der Waals surface area (Å²) in [5, 5.41) is 9.82. The Labute approximate surface area is 153 Å². The minimum absolute atomic E-state index is 0.187. The predicted octanol–water partition coefficient (Wildman–Crippen LogP) is 3.26. The molecule has 0 aliphatic rings. The molecule has 26 heavy (non-hydrogen) atoms. The minimum atomic E-state index is -3.58. The summed E-state index contributed by atoms with van der Waals surface area (Å²) in [6, 6.07) is 11.3. The first kappa shape index (κ1) is 20.0. The molecule has 0 saturated carbocycles. The number of benzene rings is 2. The van der Waals surface area contributed by atoms with Crippen LogP contribution in [0.1, 0.15) is 64.3 Å². The van der Waals surface area contributed by atoms with Crippen LogP contribution in [-0.2, 0) is 21.3 Å². The summed E-state index contributed by atoms with van der Waals surface area (Å²) in [6.45, 7) is 4.32. The fraction of sp³-hybridized carbons (Fsp3) is 0.300. The van der Waals surface area contributed by atoms with Crippen molar-refractivity contribution < 1.29 is 23.1 Å². The molecule has 5 nitrogen and oxygen atoms in total. The smallest absolute Gasteiger partial charge is 0.160 e. The topological polar surface area (TPSA) is 88.5 Å². The standard InChI is InChI=1S/C20H22O5S/c1-13(21)16-8-9-18(20(10-16)15(3)23)12-26(24,25)11-17-6-4-5-7-19(17)14(2)22/h4-10,14,22H,11-12H2,1-3H3. The Kier molecular flexibility index (Phi) is 6.10. The third-order valence-corrected chi connectivity index (χ3v) is 5.65. The van der Waals surface area contributed by atoms with Gasteiger partial charge in [-0.25, -0.2) is 8.42 Å². The molecule has 0 bridgehead atoms. The quantitative estimate of drug-likeness (QED) is 0.752. The highest BCUT2D eigenvalue weighted by Crippen LogP contribution is 2.23. The number of sulfone groups is 1. The molecular formula is C20H22O5S.